The van der Waals surface area contributed by atoms with E-state index in [0.29, 0.717) is 16.4 Å². The van der Waals surface area contributed by atoms with Gasteiger partial charge in [-0.1, -0.05) is 29.8 Å². The lowest BCUT2D eigenvalue weighted by atomic mass is 10.2. The first kappa shape index (κ1) is 21.0. The average molecular weight is 456 g/mol. The van der Waals surface area contributed by atoms with E-state index in [0.717, 1.165) is 21.5 Å². The molecule has 1 unspecified atom stereocenters. The van der Waals surface area contributed by atoms with Crippen molar-refractivity contribution < 1.29 is 14.3 Å². The zero-order valence-corrected chi connectivity index (χ0v) is 18.3. The van der Waals surface area contributed by atoms with Gasteiger partial charge in [0.2, 0.25) is 5.95 Å². The summed E-state index contributed by atoms with van der Waals surface area (Å²) >= 11 is 7.54. The third-order valence-corrected chi connectivity index (χ3v) is 6.04. The second kappa shape index (κ2) is 8.83. The molecule has 0 radical (unpaired) electrons. The molecule has 1 atom stereocenters. The third kappa shape index (κ3) is 4.57. The number of nitrogens with zero attached hydrogens (tertiary/aromatic N) is 4. The molecule has 4 aromatic rings. The topological polar surface area (TPSA) is 99.0 Å². The van der Waals surface area contributed by atoms with E-state index in [1.165, 1.54) is 30.7 Å². The number of hydrogen-bond donors (Lipinski definition) is 1. The highest BCUT2D eigenvalue weighted by atomic mass is 35.5. The number of amides is 1. The predicted molar refractivity (Wildman–Crippen MR) is 118 cm³/mol. The molecule has 0 fully saturated rings. The maximum absolute atomic E-state index is 12.6. The van der Waals surface area contributed by atoms with Gasteiger partial charge in [0.05, 0.1) is 12.2 Å². The van der Waals surface area contributed by atoms with E-state index >= 15 is 0 Å². The second-order valence-corrected chi connectivity index (χ2v) is 8.21. The van der Waals surface area contributed by atoms with Crippen molar-refractivity contribution in [2.75, 3.05) is 5.32 Å². The molecule has 3 heterocycles. The van der Waals surface area contributed by atoms with Crippen molar-refractivity contribution in [3.8, 4) is 0 Å². The Bertz CT molecular complexity index is 1250. The summed E-state index contributed by atoms with van der Waals surface area (Å²) in [7, 11) is 0. The maximum atomic E-state index is 12.6. The van der Waals surface area contributed by atoms with E-state index in [4.69, 9.17) is 16.3 Å². The van der Waals surface area contributed by atoms with Crippen molar-refractivity contribution >= 4 is 51.0 Å². The van der Waals surface area contributed by atoms with Crippen LogP contribution in [-0.4, -0.2) is 37.7 Å². The summed E-state index contributed by atoms with van der Waals surface area (Å²) in [5.74, 6) is -0.948. The molecule has 1 aromatic carbocycles. The number of anilines is 1. The summed E-state index contributed by atoms with van der Waals surface area (Å²) in [4.78, 5) is 34.0. The number of benzene rings is 1. The lowest BCUT2D eigenvalue weighted by Crippen LogP contribution is -2.30. The molecule has 1 amide bonds. The van der Waals surface area contributed by atoms with Crippen LogP contribution < -0.4 is 5.32 Å². The van der Waals surface area contributed by atoms with Gasteiger partial charge in [-0.3, -0.25) is 14.8 Å². The number of aromatic nitrogens is 4. The molecule has 158 valence electrons. The fourth-order valence-electron chi connectivity index (χ4n) is 2.96. The number of esters is 1. The predicted octanol–water partition coefficient (Wildman–Crippen LogP) is 4.08. The molecule has 0 aliphatic heterocycles. The molecule has 4 rings (SSSR count). The summed E-state index contributed by atoms with van der Waals surface area (Å²) in [5, 5.41) is 8.59. The van der Waals surface area contributed by atoms with E-state index in [2.05, 4.69) is 20.4 Å². The minimum absolute atomic E-state index is 0.146. The molecule has 0 spiro atoms. The first-order valence-electron chi connectivity index (χ1n) is 9.41. The van der Waals surface area contributed by atoms with Crippen LogP contribution >= 0.6 is 22.9 Å². The van der Waals surface area contributed by atoms with E-state index in [9.17, 15) is 9.59 Å². The van der Waals surface area contributed by atoms with Crippen molar-refractivity contribution in [3.63, 3.8) is 0 Å². The van der Waals surface area contributed by atoms with Gasteiger partial charge in [0, 0.05) is 22.8 Å². The molecular weight excluding hydrogens is 438 g/mol. The van der Waals surface area contributed by atoms with Crippen LogP contribution in [0.15, 0.2) is 48.8 Å². The van der Waals surface area contributed by atoms with Crippen LogP contribution in [0.2, 0.25) is 5.02 Å². The number of rotatable bonds is 6. The van der Waals surface area contributed by atoms with Crippen LogP contribution in [0.25, 0.3) is 10.2 Å². The zero-order chi connectivity index (χ0) is 22.0. The summed E-state index contributed by atoms with van der Waals surface area (Å²) < 4.78 is 7.16. The number of carbonyl (C=O) groups excluding carboxylic acids is 2. The Morgan fingerprint density at radius 3 is 2.71 bits per heavy atom. The van der Waals surface area contributed by atoms with Crippen molar-refractivity contribution in [2.24, 2.45) is 0 Å². The molecule has 10 heteroatoms. The molecular formula is C21H18ClN5O3S. The van der Waals surface area contributed by atoms with Crippen molar-refractivity contribution in [2.45, 2.75) is 26.5 Å². The fraction of sp³-hybridized carbons (Fsp3) is 0.190. The van der Waals surface area contributed by atoms with E-state index in [1.807, 2.05) is 35.9 Å². The average Bonchev–Trinajstić information content (AvgIpc) is 3.32. The first-order valence-corrected chi connectivity index (χ1v) is 10.6. The number of nitrogens with one attached hydrogen (secondary N) is 1. The van der Waals surface area contributed by atoms with Crippen molar-refractivity contribution in [1.29, 1.82) is 0 Å². The first-order chi connectivity index (χ1) is 14.9. The van der Waals surface area contributed by atoms with Crippen LogP contribution in [0, 0.1) is 6.92 Å². The van der Waals surface area contributed by atoms with Crippen LogP contribution in [-0.2, 0) is 16.1 Å². The normalized spacial score (nSPS) is 12.0. The molecule has 0 saturated heterocycles. The van der Waals surface area contributed by atoms with Gasteiger partial charge >= 0.3 is 5.97 Å². The molecule has 31 heavy (non-hydrogen) atoms. The van der Waals surface area contributed by atoms with E-state index in [1.54, 1.807) is 12.1 Å². The number of halogens is 1. The van der Waals surface area contributed by atoms with Crippen LogP contribution in [0.5, 0.6) is 0 Å². The van der Waals surface area contributed by atoms with Gasteiger partial charge in [0.25, 0.3) is 5.91 Å². The Kier molecular flexibility index (Phi) is 5.97. The monoisotopic (exact) mass is 455 g/mol. The summed E-state index contributed by atoms with van der Waals surface area (Å²) in [5.41, 5.74) is 1.73. The molecule has 0 bridgehead atoms. The van der Waals surface area contributed by atoms with Crippen molar-refractivity contribution in [1.82, 2.24) is 19.7 Å². The molecule has 3 aromatic heterocycles. The lowest BCUT2D eigenvalue weighted by Gasteiger charge is -2.11. The Morgan fingerprint density at radius 1 is 1.23 bits per heavy atom. The van der Waals surface area contributed by atoms with Gasteiger partial charge in [-0.15, -0.1) is 11.3 Å². The molecule has 8 nitrogen and oxygen atoms in total. The summed E-state index contributed by atoms with van der Waals surface area (Å²) in [6.45, 7) is 3.85. The fourth-order valence-corrected chi connectivity index (χ4v) is 4.20. The van der Waals surface area contributed by atoms with Crippen LogP contribution in [0.1, 0.15) is 27.9 Å². The number of fused-ring (bicyclic) bond motifs is 1. The van der Waals surface area contributed by atoms with E-state index < -0.39 is 18.0 Å². The third-order valence-electron chi connectivity index (χ3n) is 4.54. The smallest absolute Gasteiger partial charge is 0.349 e. The second-order valence-electron chi connectivity index (χ2n) is 6.77. The summed E-state index contributed by atoms with van der Waals surface area (Å²) in [6, 6.07) is 10.9. The van der Waals surface area contributed by atoms with Gasteiger partial charge in [0.1, 0.15) is 9.71 Å². The molecule has 1 N–H and O–H groups in total. The molecule has 0 aliphatic carbocycles. The minimum Gasteiger partial charge on any atom is -0.448 e. The standard InChI is InChI=1S/C21H18ClN5O3S/c1-12-15-10-17(20(29)30-13(2)18(28)25-21-23-8-5-9-24-21)31-19(15)27(26-12)11-14-6-3-4-7-16(14)22/h3-10,13H,11H2,1-2H3,(H,23,24,25,28). The van der Waals surface area contributed by atoms with Gasteiger partial charge in [-0.2, -0.15) is 5.10 Å². The number of thiophene rings is 1. The number of carbonyl (C=O) groups is 2. The van der Waals surface area contributed by atoms with Crippen molar-refractivity contribution in [3.05, 3.63) is 69.9 Å². The van der Waals surface area contributed by atoms with Crippen LogP contribution in [0.3, 0.4) is 0 Å². The Balaban J connectivity index is 1.50. The zero-order valence-electron chi connectivity index (χ0n) is 16.7. The Morgan fingerprint density at radius 2 is 1.97 bits per heavy atom. The maximum Gasteiger partial charge on any atom is 0.349 e. The number of ether oxygens (including phenoxy) is 1. The number of aryl methyl sites for hydroxylation is 1. The van der Waals surface area contributed by atoms with Crippen LogP contribution in [0.4, 0.5) is 5.95 Å². The Labute approximate surface area is 186 Å². The highest BCUT2D eigenvalue weighted by Gasteiger charge is 2.23. The van der Waals surface area contributed by atoms with E-state index in [-0.39, 0.29) is 5.95 Å². The lowest BCUT2D eigenvalue weighted by molar-refractivity contribution is -0.123. The molecule has 0 saturated carbocycles. The quantitative estimate of drug-likeness (QED) is 0.440. The van der Waals surface area contributed by atoms with Gasteiger partial charge in [-0.05, 0) is 37.6 Å². The van der Waals surface area contributed by atoms with Gasteiger partial charge < -0.3 is 4.74 Å². The minimum atomic E-state index is -1.01. The molecule has 0 aliphatic rings. The Hall–Kier alpha value is -3.30. The van der Waals surface area contributed by atoms with Gasteiger partial charge in [-0.25, -0.2) is 14.8 Å². The van der Waals surface area contributed by atoms with Gasteiger partial charge in [0.15, 0.2) is 6.10 Å². The SMILES string of the molecule is Cc1nn(Cc2ccccc2Cl)c2sc(C(=O)OC(C)C(=O)Nc3ncccn3)cc12. The largest absolute Gasteiger partial charge is 0.448 e. The summed E-state index contributed by atoms with van der Waals surface area (Å²) in [6.07, 6.45) is 2.00. The number of hydrogen-bond acceptors (Lipinski definition) is 7. The highest BCUT2D eigenvalue weighted by molar-refractivity contribution is 7.20. The highest BCUT2D eigenvalue weighted by Crippen LogP contribution is 2.30.